The largest absolute Gasteiger partial charge is 0.416 e. The normalized spacial score (nSPS) is 18.2. The highest BCUT2D eigenvalue weighted by atomic mass is 79.9. The number of hydrogen-bond acceptors (Lipinski definition) is 3. The van der Waals surface area contributed by atoms with Gasteiger partial charge in [0, 0.05) is 17.6 Å². The number of amides is 1. The molecule has 1 amide bonds. The van der Waals surface area contributed by atoms with Crippen LogP contribution in [-0.4, -0.2) is 31.7 Å². The second-order valence-corrected chi connectivity index (χ2v) is 10.1. The quantitative estimate of drug-likeness (QED) is 0.600. The van der Waals surface area contributed by atoms with E-state index in [1.165, 1.54) is 16.4 Å². The highest BCUT2D eigenvalue weighted by Gasteiger charge is 2.34. The fourth-order valence-corrected chi connectivity index (χ4v) is 5.12. The van der Waals surface area contributed by atoms with Crippen LogP contribution in [0.15, 0.2) is 51.8 Å². The summed E-state index contributed by atoms with van der Waals surface area (Å²) in [6.45, 7) is 0.188. The number of carbonyl (C=O) groups is 1. The average molecular weight is 526 g/mol. The van der Waals surface area contributed by atoms with E-state index < -0.39 is 33.6 Å². The molecule has 0 aromatic heterocycles. The van der Waals surface area contributed by atoms with E-state index in [0.29, 0.717) is 12.8 Å². The summed E-state index contributed by atoms with van der Waals surface area (Å²) in [5.41, 5.74) is -1.10. The minimum atomic E-state index is -4.58. The number of benzene rings is 2. The lowest BCUT2D eigenvalue weighted by Gasteiger charge is -2.31. The lowest BCUT2D eigenvalue weighted by molar-refractivity contribution is -0.137. The summed E-state index contributed by atoms with van der Waals surface area (Å²) in [5.74, 6) is -1.29. The number of nitrogens with one attached hydrogen (secondary N) is 1. The number of hydrogen-bond donors (Lipinski definition) is 1. The number of alkyl halides is 3. The molecule has 0 aliphatic carbocycles. The van der Waals surface area contributed by atoms with E-state index in [1.807, 2.05) is 0 Å². The molecule has 162 valence electrons. The molecule has 0 saturated carbocycles. The molecule has 1 fully saturated rings. The standard InChI is InChI=1S/C19H17BrClF3N2O3S/c20-14-4-6-15(7-5-14)30(28,29)26-9-1-2-12(11-26)18(27)25-17-10-13(19(22,23)24)3-8-16(17)21/h3-8,10,12H,1-2,9,11H2,(H,25,27)/t12-/m0/s1. The molecule has 1 aliphatic heterocycles. The van der Waals surface area contributed by atoms with E-state index in [9.17, 15) is 26.4 Å². The first kappa shape index (κ1) is 23.1. The van der Waals surface area contributed by atoms with Crippen molar-refractivity contribution in [3.63, 3.8) is 0 Å². The Morgan fingerprint density at radius 3 is 2.47 bits per heavy atom. The van der Waals surface area contributed by atoms with Crippen molar-refractivity contribution in [2.75, 3.05) is 18.4 Å². The van der Waals surface area contributed by atoms with E-state index in [1.54, 1.807) is 12.1 Å². The van der Waals surface area contributed by atoms with Crippen LogP contribution in [0.2, 0.25) is 5.02 Å². The minimum absolute atomic E-state index is 0.0356. The molecule has 11 heteroatoms. The summed E-state index contributed by atoms with van der Waals surface area (Å²) in [6, 6.07) is 8.79. The predicted octanol–water partition coefficient (Wildman–Crippen LogP) is 5.16. The second-order valence-electron chi connectivity index (χ2n) is 6.84. The Morgan fingerprint density at radius 1 is 1.17 bits per heavy atom. The van der Waals surface area contributed by atoms with Crippen molar-refractivity contribution in [2.45, 2.75) is 23.9 Å². The number of rotatable bonds is 4. The molecule has 2 aromatic carbocycles. The third kappa shape index (κ3) is 5.16. The summed E-state index contributed by atoms with van der Waals surface area (Å²) in [5, 5.41) is 2.38. The number of sulfonamides is 1. The average Bonchev–Trinajstić information content (AvgIpc) is 2.69. The molecule has 3 rings (SSSR count). The van der Waals surface area contributed by atoms with E-state index in [0.717, 1.165) is 22.7 Å². The number of piperidine rings is 1. The Morgan fingerprint density at radius 2 is 1.83 bits per heavy atom. The van der Waals surface area contributed by atoms with Gasteiger partial charge in [0.25, 0.3) is 0 Å². The molecule has 1 saturated heterocycles. The van der Waals surface area contributed by atoms with Crippen LogP contribution in [0.4, 0.5) is 18.9 Å². The maximum Gasteiger partial charge on any atom is 0.416 e. The van der Waals surface area contributed by atoms with Crippen LogP contribution in [0.5, 0.6) is 0 Å². The second kappa shape index (κ2) is 8.86. The third-order valence-corrected chi connectivity index (χ3v) is 7.50. The molecular formula is C19H17BrClF3N2O3S. The van der Waals surface area contributed by atoms with Crippen LogP contribution >= 0.6 is 27.5 Å². The summed E-state index contributed by atoms with van der Waals surface area (Å²) in [6.07, 6.45) is -3.72. The molecule has 0 spiro atoms. The monoisotopic (exact) mass is 524 g/mol. The molecule has 1 heterocycles. The summed E-state index contributed by atoms with van der Waals surface area (Å²) in [4.78, 5) is 12.8. The summed E-state index contributed by atoms with van der Waals surface area (Å²) >= 11 is 9.18. The van der Waals surface area contributed by atoms with Crippen molar-refractivity contribution in [2.24, 2.45) is 5.92 Å². The molecule has 0 bridgehead atoms. The lowest BCUT2D eigenvalue weighted by Crippen LogP contribution is -2.43. The third-order valence-electron chi connectivity index (χ3n) is 4.76. The molecule has 5 nitrogen and oxygen atoms in total. The van der Waals surface area contributed by atoms with Gasteiger partial charge in [-0.2, -0.15) is 17.5 Å². The first-order chi connectivity index (χ1) is 14.0. The Hall–Kier alpha value is -1.62. The van der Waals surface area contributed by atoms with Crippen molar-refractivity contribution >= 4 is 49.1 Å². The zero-order valence-corrected chi connectivity index (χ0v) is 18.6. The number of nitrogens with zero attached hydrogens (tertiary/aromatic N) is 1. The Balaban J connectivity index is 1.76. The molecule has 0 radical (unpaired) electrons. The predicted molar refractivity (Wildman–Crippen MR) is 111 cm³/mol. The number of halogens is 5. The van der Waals surface area contributed by atoms with E-state index >= 15 is 0 Å². The highest BCUT2D eigenvalue weighted by molar-refractivity contribution is 9.10. The van der Waals surface area contributed by atoms with Crippen LogP contribution in [0.25, 0.3) is 0 Å². The van der Waals surface area contributed by atoms with Gasteiger partial charge in [-0.05, 0) is 55.3 Å². The van der Waals surface area contributed by atoms with Crippen molar-refractivity contribution in [3.8, 4) is 0 Å². The van der Waals surface area contributed by atoms with Gasteiger partial charge in [0.15, 0.2) is 0 Å². The van der Waals surface area contributed by atoms with Crippen molar-refractivity contribution < 1.29 is 26.4 Å². The van der Waals surface area contributed by atoms with Gasteiger partial charge in [-0.15, -0.1) is 0 Å². The number of carbonyl (C=O) groups excluding carboxylic acids is 1. The number of anilines is 1. The Kier molecular flexibility index (Phi) is 6.81. The fraction of sp³-hybridized carbons (Fsp3) is 0.316. The maximum absolute atomic E-state index is 12.9. The topological polar surface area (TPSA) is 66.5 Å². The molecule has 2 aromatic rings. The van der Waals surface area contributed by atoms with Crippen LogP contribution in [0, 0.1) is 5.92 Å². The van der Waals surface area contributed by atoms with Crippen LogP contribution in [0.3, 0.4) is 0 Å². The van der Waals surface area contributed by atoms with Gasteiger partial charge in [-0.3, -0.25) is 4.79 Å². The first-order valence-corrected chi connectivity index (χ1v) is 11.5. The molecule has 1 aliphatic rings. The van der Waals surface area contributed by atoms with Crippen LogP contribution < -0.4 is 5.32 Å². The molecule has 30 heavy (non-hydrogen) atoms. The Labute approximate surface area is 185 Å². The van der Waals surface area contributed by atoms with Gasteiger partial charge in [0.1, 0.15) is 0 Å². The highest BCUT2D eigenvalue weighted by Crippen LogP contribution is 2.34. The van der Waals surface area contributed by atoms with Gasteiger partial charge in [-0.1, -0.05) is 27.5 Å². The fourth-order valence-electron chi connectivity index (χ4n) is 3.16. The molecule has 0 unspecified atom stereocenters. The van der Waals surface area contributed by atoms with E-state index in [2.05, 4.69) is 21.2 Å². The van der Waals surface area contributed by atoms with E-state index in [-0.39, 0.29) is 28.7 Å². The van der Waals surface area contributed by atoms with Gasteiger partial charge < -0.3 is 5.32 Å². The lowest BCUT2D eigenvalue weighted by atomic mass is 9.98. The van der Waals surface area contributed by atoms with E-state index in [4.69, 9.17) is 11.6 Å². The van der Waals surface area contributed by atoms with Crippen molar-refractivity contribution in [3.05, 3.63) is 57.5 Å². The first-order valence-electron chi connectivity index (χ1n) is 8.92. The zero-order valence-electron chi connectivity index (χ0n) is 15.4. The zero-order chi connectivity index (χ0) is 22.1. The molecule has 1 atom stereocenters. The Bertz CT molecular complexity index is 1050. The van der Waals surface area contributed by atoms with Gasteiger partial charge in [0.05, 0.1) is 27.1 Å². The maximum atomic E-state index is 12.9. The van der Waals surface area contributed by atoms with Crippen LogP contribution in [0.1, 0.15) is 18.4 Å². The molecular weight excluding hydrogens is 509 g/mol. The summed E-state index contributed by atoms with van der Waals surface area (Å²) < 4.78 is 66.5. The van der Waals surface area contributed by atoms with Crippen molar-refractivity contribution in [1.29, 1.82) is 0 Å². The van der Waals surface area contributed by atoms with Gasteiger partial charge in [-0.25, -0.2) is 8.42 Å². The smallest absolute Gasteiger partial charge is 0.324 e. The van der Waals surface area contributed by atoms with Gasteiger partial charge >= 0.3 is 6.18 Å². The van der Waals surface area contributed by atoms with Gasteiger partial charge in [0.2, 0.25) is 15.9 Å². The summed E-state index contributed by atoms with van der Waals surface area (Å²) in [7, 11) is -3.79. The van der Waals surface area contributed by atoms with Crippen molar-refractivity contribution in [1.82, 2.24) is 4.31 Å². The van der Waals surface area contributed by atoms with Crippen LogP contribution in [-0.2, 0) is 21.0 Å². The minimum Gasteiger partial charge on any atom is -0.324 e. The molecule has 1 N–H and O–H groups in total. The SMILES string of the molecule is O=C(Nc1cc(C(F)(F)F)ccc1Cl)[C@H]1CCCN(S(=O)(=O)c2ccc(Br)cc2)C1.